The van der Waals surface area contributed by atoms with E-state index in [0.717, 1.165) is 72.3 Å². The van der Waals surface area contributed by atoms with E-state index in [-0.39, 0.29) is 10.8 Å². The number of hydrogen-bond donors (Lipinski definition) is 0. The Morgan fingerprint density at radius 2 is 0.517 bits per heavy atom. The first-order valence-corrected chi connectivity index (χ1v) is 42.7. The Kier molecular flexibility index (Phi) is 12.0. The highest BCUT2D eigenvalue weighted by molar-refractivity contribution is 6.21. The summed E-state index contributed by atoms with van der Waals surface area (Å²) < 4.78 is 20.9. The van der Waals surface area contributed by atoms with Crippen LogP contribution in [-0.4, -0.2) is 0 Å². The maximum Gasteiger partial charge on any atom is 0.143 e. The molecule has 3 heterocycles. The molecule has 20 aromatic rings. The predicted octanol–water partition coefficient (Wildman–Crippen LogP) is 30.4. The fraction of sp³-hybridized carbons (Fsp3) is 0.121. The van der Waals surface area contributed by atoms with E-state index in [1.807, 2.05) is 0 Å². The van der Waals surface area contributed by atoms with Gasteiger partial charge in [0.1, 0.15) is 33.5 Å². The van der Waals surface area contributed by atoms with Gasteiger partial charge in [-0.15, -0.1) is 0 Å². The molecule has 120 heavy (non-hydrogen) atoms. The van der Waals surface area contributed by atoms with Gasteiger partial charge in [0.2, 0.25) is 0 Å². The van der Waals surface area contributed by atoms with Crippen LogP contribution in [0.5, 0.6) is 0 Å². The number of anilines is 3. The molecule has 4 heteroatoms. The lowest BCUT2D eigenvalue weighted by Gasteiger charge is -2.33. The average molecular weight is 1530 g/mol. The lowest BCUT2D eigenvalue weighted by atomic mass is 9.68. The van der Waals surface area contributed by atoms with Crippen molar-refractivity contribution in [2.75, 3.05) is 4.90 Å². The summed E-state index contributed by atoms with van der Waals surface area (Å²) >= 11 is 0. The number of fused-ring (bicyclic) bond motifs is 44. The first kappa shape index (κ1) is 66.0. The van der Waals surface area contributed by atoms with E-state index in [1.54, 1.807) is 0 Å². The van der Waals surface area contributed by atoms with Crippen molar-refractivity contribution in [3.8, 4) is 100 Å². The van der Waals surface area contributed by atoms with Crippen LogP contribution in [-0.2, 0) is 32.5 Å². The van der Waals surface area contributed by atoms with Crippen molar-refractivity contribution in [2.45, 2.75) is 87.9 Å². The molecule has 8 aliphatic carbocycles. The minimum atomic E-state index is -0.748. The van der Waals surface area contributed by atoms with Gasteiger partial charge in [0, 0.05) is 76.6 Å². The molecule has 564 valence electrons. The van der Waals surface area contributed by atoms with Crippen LogP contribution in [0.1, 0.15) is 144 Å². The fourth-order valence-electron chi connectivity index (χ4n) is 25.3. The number of rotatable bonds is 4. The van der Waals surface area contributed by atoms with Crippen LogP contribution in [0.15, 0.2) is 335 Å². The van der Waals surface area contributed by atoms with Crippen LogP contribution < -0.4 is 4.90 Å². The molecule has 0 aliphatic heterocycles. The molecule has 17 aromatic carbocycles. The number of furan rings is 3. The van der Waals surface area contributed by atoms with E-state index in [4.69, 9.17) is 13.3 Å². The number of hydrogen-bond acceptors (Lipinski definition) is 4. The molecule has 0 unspecified atom stereocenters. The first-order chi connectivity index (χ1) is 58.5. The standard InChI is InChI=1S/C116H77NO3/c1-111(2)83-33-17-9-25-66(83)71-45-41-62(53-90(71)111)78-57-98-104(109-77-32-16-24-40-101(77)120-110(78)109)74-48-44-64(55-92(74)114(98,7)8)117(63-42-46-72-79-58-94-81(60-93(79)113(5,6)91(72)54-63)105-88(112(94,3)4)49-51-102-107(105)75-30-14-22-38-99(75)118-102)65-43-47-73-80-59-97-82(61-96(80)116(95(73)56-65)86-36-20-12-28-69(86)70-29-13-21-37-87(70)116)106-89(50-52-103-108(106)76-31-15-23-39-100(76)119-103)115(97)84-34-18-10-26-67(84)68-27-11-19-35-85(68)115/h9-61H,1-8H3. The molecular weight excluding hydrogens is 1460 g/mol. The van der Waals surface area contributed by atoms with Crippen molar-refractivity contribution >= 4 is 82.9 Å². The average Bonchev–Trinajstić information content (AvgIpc) is 1.49. The summed E-state index contributed by atoms with van der Waals surface area (Å²) in [6.07, 6.45) is 0. The molecule has 0 amide bonds. The van der Waals surface area contributed by atoms with Gasteiger partial charge in [-0.3, -0.25) is 0 Å². The van der Waals surface area contributed by atoms with Crippen LogP contribution in [0.25, 0.3) is 166 Å². The maximum absolute atomic E-state index is 7.26. The molecule has 0 N–H and O–H groups in total. The molecule has 0 bridgehead atoms. The van der Waals surface area contributed by atoms with Crippen molar-refractivity contribution in [2.24, 2.45) is 0 Å². The Balaban J connectivity index is 0.685. The van der Waals surface area contributed by atoms with Crippen LogP contribution >= 0.6 is 0 Å². The van der Waals surface area contributed by atoms with Gasteiger partial charge in [-0.1, -0.05) is 274 Å². The van der Waals surface area contributed by atoms with Gasteiger partial charge < -0.3 is 18.2 Å². The van der Waals surface area contributed by atoms with Crippen molar-refractivity contribution in [3.63, 3.8) is 0 Å². The second-order valence-electron chi connectivity index (χ2n) is 37.5. The summed E-state index contributed by atoms with van der Waals surface area (Å²) in [4.78, 5) is 2.62. The topological polar surface area (TPSA) is 42.7 Å². The SMILES string of the molecule is CC1(C)c2ccccc2-c2ccc(-c3cc4c(c5c3oc3ccccc35)-c3ccc(N(c5ccc6c(c5)C(C)(C)c5cc7c(cc5-6)C(C)(C)c5ccc6oc8ccccc8c6c5-7)c5ccc6c(c5)C5(c7ccccc7-c7ccccc75)c5cc7c(cc5-6)C5(c6ccccc6-c6ccccc65)c5ccc6oc8ccccc8c6c5-7)cc3C4(C)C)cc21. The van der Waals surface area contributed by atoms with Gasteiger partial charge in [-0.05, 0) is 287 Å². The fourth-order valence-corrected chi connectivity index (χ4v) is 25.3. The van der Waals surface area contributed by atoms with Crippen molar-refractivity contribution < 1.29 is 13.3 Å². The van der Waals surface area contributed by atoms with Crippen molar-refractivity contribution in [3.05, 3.63) is 411 Å². The maximum atomic E-state index is 7.26. The molecule has 0 saturated carbocycles. The first-order valence-electron chi connectivity index (χ1n) is 42.7. The third-order valence-corrected chi connectivity index (χ3v) is 30.7. The molecule has 8 aliphatic rings. The lowest BCUT2D eigenvalue weighted by molar-refractivity contribution is 0.651. The summed E-state index contributed by atoms with van der Waals surface area (Å²) in [5.74, 6) is 0. The van der Waals surface area contributed by atoms with Gasteiger partial charge in [0.15, 0.2) is 0 Å². The van der Waals surface area contributed by atoms with E-state index in [9.17, 15) is 0 Å². The van der Waals surface area contributed by atoms with E-state index in [1.165, 1.54) is 200 Å². The summed E-state index contributed by atoms with van der Waals surface area (Å²) in [5.41, 5.74) is 49.8. The smallest absolute Gasteiger partial charge is 0.143 e. The van der Waals surface area contributed by atoms with E-state index in [0.29, 0.717) is 0 Å². The van der Waals surface area contributed by atoms with Crippen LogP contribution in [0, 0.1) is 0 Å². The monoisotopic (exact) mass is 1530 g/mol. The summed E-state index contributed by atoms with van der Waals surface area (Å²) in [7, 11) is 0. The number of benzene rings is 17. The van der Waals surface area contributed by atoms with Crippen LogP contribution in [0.2, 0.25) is 0 Å². The van der Waals surface area contributed by atoms with Gasteiger partial charge in [0.25, 0.3) is 0 Å². The quantitative estimate of drug-likeness (QED) is 0.176. The zero-order valence-corrected chi connectivity index (χ0v) is 67.8. The van der Waals surface area contributed by atoms with Crippen LogP contribution in [0.3, 0.4) is 0 Å². The molecule has 0 atom stereocenters. The summed E-state index contributed by atoms with van der Waals surface area (Å²) in [6.45, 7) is 19.5. The zero-order valence-electron chi connectivity index (χ0n) is 67.8. The van der Waals surface area contributed by atoms with Gasteiger partial charge in [-0.2, -0.15) is 0 Å². The molecule has 28 rings (SSSR count). The zero-order chi connectivity index (χ0) is 79.5. The molecule has 4 nitrogen and oxygen atoms in total. The van der Waals surface area contributed by atoms with E-state index in [2.05, 4.69) is 382 Å². The van der Waals surface area contributed by atoms with Crippen molar-refractivity contribution in [1.82, 2.24) is 0 Å². The Bertz CT molecular complexity index is 8160. The third-order valence-electron chi connectivity index (χ3n) is 30.7. The molecule has 3 aromatic heterocycles. The highest BCUT2D eigenvalue weighted by Crippen LogP contribution is 2.71. The summed E-state index contributed by atoms with van der Waals surface area (Å²) in [6, 6.07) is 124. The summed E-state index contributed by atoms with van der Waals surface area (Å²) in [5, 5.41) is 6.96. The van der Waals surface area contributed by atoms with Gasteiger partial charge in [0.05, 0.1) is 10.8 Å². The van der Waals surface area contributed by atoms with Crippen LogP contribution in [0.4, 0.5) is 17.1 Å². The van der Waals surface area contributed by atoms with E-state index >= 15 is 0 Å². The lowest BCUT2D eigenvalue weighted by Crippen LogP contribution is -2.27. The normalized spacial score (nSPS) is 16.2. The molecule has 0 radical (unpaired) electrons. The third kappa shape index (κ3) is 7.63. The molecule has 0 saturated heterocycles. The second-order valence-corrected chi connectivity index (χ2v) is 37.5. The Morgan fingerprint density at radius 3 is 1.11 bits per heavy atom. The highest BCUT2D eigenvalue weighted by atomic mass is 16.3. The largest absolute Gasteiger partial charge is 0.456 e. The minimum Gasteiger partial charge on any atom is -0.456 e. The minimum absolute atomic E-state index is 0.178. The van der Waals surface area contributed by atoms with E-state index < -0.39 is 21.7 Å². The Labute approximate surface area is 694 Å². The second kappa shape index (κ2) is 21.8. The Hall–Kier alpha value is -14.1. The number of para-hydroxylation sites is 3. The van der Waals surface area contributed by atoms with Gasteiger partial charge >= 0.3 is 0 Å². The molecule has 0 fully saturated rings. The van der Waals surface area contributed by atoms with Crippen molar-refractivity contribution in [1.29, 1.82) is 0 Å². The highest BCUT2D eigenvalue weighted by Gasteiger charge is 2.58. The molecular formula is C116H77NO3. The Morgan fingerprint density at radius 1 is 0.192 bits per heavy atom. The predicted molar refractivity (Wildman–Crippen MR) is 491 cm³/mol. The van der Waals surface area contributed by atoms with Gasteiger partial charge in [-0.25, -0.2) is 0 Å². The number of nitrogens with zero attached hydrogens (tertiary/aromatic N) is 1. The molecule has 2 spiro atoms.